The molecule has 0 saturated heterocycles. The van der Waals surface area contributed by atoms with Crippen molar-refractivity contribution in [3.05, 3.63) is 147 Å². The van der Waals surface area contributed by atoms with E-state index < -0.39 is 53.0 Å². The van der Waals surface area contributed by atoms with Crippen molar-refractivity contribution in [2.75, 3.05) is 5.75 Å². The molecule has 3 heterocycles. The van der Waals surface area contributed by atoms with Crippen LogP contribution in [-0.4, -0.2) is 81.1 Å². The monoisotopic (exact) mass is 866 g/mol. The van der Waals surface area contributed by atoms with Crippen LogP contribution in [0.1, 0.15) is 70.1 Å². The van der Waals surface area contributed by atoms with Crippen LogP contribution in [0.25, 0.3) is 0 Å². The molecule has 5 N–H and O–H groups in total. The molecule has 0 atom stereocenters. The van der Waals surface area contributed by atoms with Gasteiger partial charge in [0, 0.05) is 31.0 Å². The molecule has 0 aliphatic carbocycles. The molecule has 0 aliphatic rings. The largest absolute Gasteiger partial charge is 0.481 e. The van der Waals surface area contributed by atoms with E-state index in [1.807, 2.05) is 33.8 Å². The number of hydrogen-bond donors (Lipinski definition) is 5. The number of hydrogen-bond acceptors (Lipinski definition) is 10. The first-order chi connectivity index (χ1) is 27.1. The van der Waals surface area contributed by atoms with Crippen LogP contribution in [-0.2, 0) is 22.2 Å². The van der Waals surface area contributed by atoms with E-state index in [-0.39, 0.29) is 36.2 Å². The van der Waals surface area contributed by atoms with E-state index in [9.17, 15) is 41.5 Å². The van der Waals surface area contributed by atoms with Gasteiger partial charge in [-0.25, -0.2) is 28.7 Å². The number of aliphatic carboxylic acids is 2. The average Bonchev–Trinajstić information content (AvgIpc) is 3.14. The van der Waals surface area contributed by atoms with Crippen LogP contribution in [0.4, 0.5) is 17.6 Å². The summed E-state index contributed by atoms with van der Waals surface area (Å²) in [7, 11) is 0. The van der Waals surface area contributed by atoms with Gasteiger partial charge >= 0.3 is 36.0 Å². The van der Waals surface area contributed by atoms with E-state index in [0.29, 0.717) is 28.5 Å². The van der Waals surface area contributed by atoms with Crippen LogP contribution < -0.4 is 0 Å². The van der Waals surface area contributed by atoms with Crippen LogP contribution in [0.15, 0.2) is 90.7 Å². The number of thioether (sulfide) groups is 1. The Balaban J connectivity index is 0.000000714. The van der Waals surface area contributed by atoms with Crippen molar-refractivity contribution in [1.29, 1.82) is 0 Å². The number of carbonyl (C=O) groups is 5. The van der Waals surface area contributed by atoms with E-state index in [1.165, 1.54) is 6.07 Å². The van der Waals surface area contributed by atoms with Gasteiger partial charge in [0.05, 0.1) is 40.1 Å². The summed E-state index contributed by atoms with van der Waals surface area (Å²) in [6.07, 6.45) is 3.28. The fraction of sp³-hybridized carbons (Fsp3) is 0.205. The minimum Gasteiger partial charge on any atom is -0.481 e. The Morgan fingerprint density at radius 1 is 0.661 bits per heavy atom. The normalized spacial score (nSPS) is 9.85. The smallest absolute Gasteiger partial charge is 0.416 e. The Bertz CT molecular complexity index is 2160. The van der Waals surface area contributed by atoms with Crippen molar-refractivity contribution in [2.24, 2.45) is 0 Å². The van der Waals surface area contributed by atoms with Gasteiger partial charge < -0.3 is 25.5 Å². The quantitative estimate of drug-likeness (QED) is 0.0564. The number of carboxylic acids is 5. The summed E-state index contributed by atoms with van der Waals surface area (Å²) in [5.74, 6) is -6.43. The molecule has 316 valence electrons. The molecule has 59 heavy (non-hydrogen) atoms. The van der Waals surface area contributed by atoms with Crippen molar-refractivity contribution >= 4 is 54.0 Å². The fourth-order valence-electron chi connectivity index (χ4n) is 4.28. The van der Waals surface area contributed by atoms with Gasteiger partial charge in [0.2, 0.25) is 0 Å². The first kappa shape index (κ1) is 52.5. The summed E-state index contributed by atoms with van der Waals surface area (Å²) in [5, 5.41) is 43.0. The van der Waals surface area contributed by atoms with Crippen LogP contribution in [0.5, 0.6) is 0 Å². The Morgan fingerprint density at radius 2 is 1.20 bits per heavy atom. The zero-order valence-corrected chi connectivity index (χ0v) is 33.5. The van der Waals surface area contributed by atoms with Gasteiger partial charge in [-0.1, -0.05) is 23.9 Å². The Morgan fingerprint density at radius 3 is 1.61 bits per heavy atom. The first-order valence-corrected chi connectivity index (χ1v) is 17.3. The lowest BCUT2D eigenvalue weighted by Crippen LogP contribution is -2.08. The summed E-state index contributed by atoms with van der Waals surface area (Å²) in [6.45, 7) is 9.25. The SMILES string of the molecule is Cc1cc(C)c(C)c(C(=O)O)c1C.Cc1ncccc1C(=O)O.Cl.O=C(O)CSc1ncccn1.O=C(O)Cc1cccnc1.O=C(O)c1ccc(C(F)(F)F)cc1F. The highest BCUT2D eigenvalue weighted by molar-refractivity contribution is 7.99. The van der Waals surface area contributed by atoms with Gasteiger partial charge in [-0.3, -0.25) is 19.6 Å². The lowest BCUT2D eigenvalue weighted by atomic mass is 9.94. The van der Waals surface area contributed by atoms with E-state index in [1.54, 1.807) is 62.2 Å². The number of aryl methyl sites for hydroxylation is 3. The maximum absolute atomic E-state index is 12.8. The molecule has 0 amide bonds. The molecule has 0 aliphatic heterocycles. The maximum Gasteiger partial charge on any atom is 0.416 e. The molecule has 20 heteroatoms. The van der Waals surface area contributed by atoms with Crippen LogP contribution in [0.3, 0.4) is 0 Å². The van der Waals surface area contributed by atoms with E-state index in [0.717, 1.165) is 39.6 Å². The zero-order chi connectivity index (χ0) is 44.2. The minimum atomic E-state index is -4.67. The van der Waals surface area contributed by atoms with E-state index in [4.69, 9.17) is 25.5 Å². The molecular weight excluding hydrogens is 828 g/mol. The van der Waals surface area contributed by atoms with Gasteiger partial charge in [0.1, 0.15) is 5.82 Å². The van der Waals surface area contributed by atoms with Crippen molar-refractivity contribution in [2.45, 2.75) is 52.4 Å². The number of halogens is 5. The summed E-state index contributed by atoms with van der Waals surface area (Å²) in [6, 6.07) is 11.6. The van der Waals surface area contributed by atoms with Crippen molar-refractivity contribution in [1.82, 2.24) is 19.9 Å². The van der Waals surface area contributed by atoms with Crippen LogP contribution in [0, 0.1) is 40.4 Å². The highest BCUT2D eigenvalue weighted by Gasteiger charge is 2.31. The molecule has 0 bridgehead atoms. The predicted molar refractivity (Wildman–Crippen MR) is 210 cm³/mol. The standard InChI is InChI=1S/C11H14O2.C8H4F4O2.2C7H7NO2.C6H6N2O2S.ClH/c1-6-5-7(2)9(4)10(8(6)3)11(12)13;9-6-3-4(8(10,11)12)1-2-5(6)7(13)14;1-5-6(7(9)10)3-2-4-8-5;9-7(10)4-6-2-1-3-8-5-6;9-5(10)4-11-6-7-2-1-3-8-6;/h5H,1-4H3,(H,12,13);1-3H,(H,13,14);2-4H,1H3,(H,9,10);1-3,5H,4H2,(H,9,10);1-3H,4H2,(H,9,10);1H. The Labute approximate surface area is 345 Å². The molecular formula is C39H39ClF4N4O10S. The summed E-state index contributed by atoms with van der Waals surface area (Å²) in [5.41, 5.74) is 3.84. The predicted octanol–water partition coefficient (Wildman–Crippen LogP) is 8.03. The second-order valence-electron chi connectivity index (χ2n) is 11.5. The number of aromatic carboxylic acids is 3. The number of carboxylic acid groups (broad SMARTS) is 5. The van der Waals surface area contributed by atoms with Crippen molar-refractivity contribution < 1.29 is 67.1 Å². The first-order valence-electron chi connectivity index (χ1n) is 16.3. The molecule has 0 fully saturated rings. The molecule has 0 spiro atoms. The lowest BCUT2D eigenvalue weighted by Gasteiger charge is -2.11. The average molecular weight is 867 g/mol. The second-order valence-corrected chi connectivity index (χ2v) is 12.5. The van der Waals surface area contributed by atoms with Crippen molar-refractivity contribution in [3.63, 3.8) is 0 Å². The number of rotatable bonds is 8. The third-order valence-electron chi connectivity index (χ3n) is 7.29. The third kappa shape index (κ3) is 19.5. The van der Waals surface area contributed by atoms with E-state index >= 15 is 0 Å². The highest BCUT2D eigenvalue weighted by atomic mass is 35.5. The zero-order valence-electron chi connectivity index (χ0n) is 31.9. The second kappa shape index (κ2) is 25.7. The number of pyridine rings is 2. The molecule has 0 saturated carbocycles. The number of alkyl halides is 3. The van der Waals surface area contributed by atoms with Crippen LogP contribution in [0.2, 0.25) is 0 Å². The Hall–Kier alpha value is -6.47. The number of benzene rings is 2. The number of aromatic nitrogens is 4. The van der Waals surface area contributed by atoms with Crippen LogP contribution >= 0.6 is 24.2 Å². The van der Waals surface area contributed by atoms with Gasteiger partial charge in [-0.2, -0.15) is 13.2 Å². The Kier molecular flexibility index (Phi) is 22.9. The fourth-order valence-corrected chi connectivity index (χ4v) is 4.80. The topological polar surface area (TPSA) is 238 Å². The molecule has 5 aromatic rings. The van der Waals surface area contributed by atoms with Gasteiger partial charge in [-0.15, -0.1) is 12.4 Å². The summed E-state index contributed by atoms with van der Waals surface area (Å²) < 4.78 is 48.7. The third-order valence-corrected chi connectivity index (χ3v) is 8.15. The molecule has 3 aromatic heterocycles. The van der Waals surface area contributed by atoms with Crippen molar-refractivity contribution in [3.8, 4) is 0 Å². The molecule has 14 nitrogen and oxygen atoms in total. The van der Waals surface area contributed by atoms with Gasteiger partial charge in [0.15, 0.2) is 5.16 Å². The molecule has 0 radical (unpaired) electrons. The molecule has 5 rings (SSSR count). The summed E-state index contributed by atoms with van der Waals surface area (Å²) >= 11 is 1.11. The molecule has 0 unspecified atom stereocenters. The maximum atomic E-state index is 12.8. The summed E-state index contributed by atoms with van der Waals surface area (Å²) in [4.78, 5) is 67.1. The number of nitrogens with zero attached hydrogens (tertiary/aromatic N) is 4. The van der Waals surface area contributed by atoms with Gasteiger partial charge in [0.25, 0.3) is 0 Å². The lowest BCUT2D eigenvalue weighted by molar-refractivity contribution is -0.138. The highest BCUT2D eigenvalue weighted by Crippen LogP contribution is 2.30. The van der Waals surface area contributed by atoms with E-state index in [2.05, 4.69) is 19.9 Å². The molecule has 2 aromatic carbocycles. The van der Waals surface area contributed by atoms with Gasteiger partial charge in [-0.05, 0) is 105 Å². The minimum absolute atomic E-state index is 0.